The van der Waals surface area contributed by atoms with Crippen LogP contribution in [0.3, 0.4) is 0 Å². The first-order valence-corrected chi connectivity index (χ1v) is 9.02. The fourth-order valence-corrected chi connectivity index (χ4v) is 3.26. The molecule has 0 saturated heterocycles. The first-order valence-electron chi connectivity index (χ1n) is 7.18. The van der Waals surface area contributed by atoms with Gasteiger partial charge in [-0.25, -0.2) is 13.2 Å². The lowest BCUT2D eigenvalue weighted by atomic mass is 9.97. The van der Waals surface area contributed by atoms with Gasteiger partial charge in [-0.1, -0.05) is 0 Å². The normalized spacial score (nSPS) is 14.0. The Kier molecular flexibility index (Phi) is 3.96. The minimum atomic E-state index is -3.62. The Bertz CT molecular complexity index is 1030. The maximum absolute atomic E-state index is 12.3. The van der Waals surface area contributed by atoms with Gasteiger partial charge >= 0.3 is 5.69 Å². The van der Waals surface area contributed by atoms with E-state index in [9.17, 15) is 13.2 Å². The summed E-state index contributed by atoms with van der Waals surface area (Å²) in [6.45, 7) is 0.478. The molecule has 24 heavy (non-hydrogen) atoms. The van der Waals surface area contributed by atoms with E-state index in [0.717, 1.165) is 17.4 Å². The topological polar surface area (TPSA) is 103 Å². The van der Waals surface area contributed by atoms with Gasteiger partial charge in [-0.15, -0.1) is 4.40 Å². The molecule has 1 N–H and O–H groups in total. The fourth-order valence-electron chi connectivity index (χ4n) is 2.80. The van der Waals surface area contributed by atoms with E-state index in [4.69, 9.17) is 9.47 Å². The van der Waals surface area contributed by atoms with E-state index in [-0.39, 0.29) is 5.49 Å². The number of rotatable bonds is 3. The molecule has 0 atom stereocenters. The standard InChI is InChI=1S/C15H17N3O5S/c1-22-12-6-9-4-5-18-11(10(9)7-13(12)23-2)8-14(16-15(18)19)17-24(3,20)21/h6-8H,4-5H2,1-3H3,(H,16,17,19). The van der Waals surface area contributed by atoms with Crippen LogP contribution in [0.2, 0.25) is 0 Å². The zero-order chi connectivity index (χ0) is 17.5. The molecule has 0 radical (unpaired) electrons. The lowest BCUT2D eigenvalue weighted by Crippen LogP contribution is -2.34. The van der Waals surface area contributed by atoms with Gasteiger partial charge in [-0.2, -0.15) is 0 Å². The van der Waals surface area contributed by atoms with Crippen molar-refractivity contribution in [3.05, 3.63) is 39.7 Å². The second-order valence-corrected chi connectivity index (χ2v) is 7.08. The number of nitrogens with one attached hydrogen (secondary N) is 1. The minimum Gasteiger partial charge on any atom is -0.493 e. The molecule has 1 aliphatic rings. The molecule has 2 aromatic rings. The van der Waals surface area contributed by atoms with E-state index < -0.39 is 15.7 Å². The number of aryl methyl sites for hydroxylation is 1. The zero-order valence-electron chi connectivity index (χ0n) is 13.5. The molecule has 0 amide bonds. The average Bonchev–Trinajstić information content (AvgIpc) is 2.51. The highest BCUT2D eigenvalue weighted by molar-refractivity contribution is 7.89. The summed E-state index contributed by atoms with van der Waals surface area (Å²) in [5.74, 6) is 1.14. The van der Waals surface area contributed by atoms with Crippen LogP contribution in [0.25, 0.3) is 11.3 Å². The molecule has 1 aromatic heterocycles. The molecule has 3 rings (SSSR count). The maximum Gasteiger partial charge on any atom is 0.327 e. The van der Waals surface area contributed by atoms with Crippen LogP contribution < -0.4 is 20.7 Å². The van der Waals surface area contributed by atoms with Crippen molar-refractivity contribution < 1.29 is 17.9 Å². The third-order valence-corrected chi connectivity index (χ3v) is 4.33. The first kappa shape index (κ1) is 16.3. The number of methoxy groups -OCH3 is 2. The summed E-state index contributed by atoms with van der Waals surface area (Å²) in [6, 6.07) is 5.20. The summed E-state index contributed by atoms with van der Waals surface area (Å²) >= 11 is 0. The largest absolute Gasteiger partial charge is 0.493 e. The first-order chi connectivity index (χ1) is 11.3. The van der Waals surface area contributed by atoms with Crippen molar-refractivity contribution in [3.63, 3.8) is 0 Å². The Hall–Kier alpha value is -2.55. The quantitative estimate of drug-likeness (QED) is 0.855. The van der Waals surface area contributed by atoms with Crippen LogP contribution in [-0.2, 0) is 23.0 Å². The highest BCUT2D eigenvalue weighted by Crippen LogP contribution is 2.37. The molecule has 128 valence electrons. The fraction of sp³-hybridized carbons (Fsp3) is 0.333. The van der Waals surface area contributed by atoms with Gasteiger partial charge in [-0.3, -0.25) is 9.55 Å². The Morgan fingerprint density at radius 3 is 2.46 bits per heavy atom. The highest BCUT2D eigenvalue weighted by Gasteiger charge is 2.20. The van der Waals surface area contributed by atoms with Crippen molar-refractivity contribution in [1.29, 1.82) is 0 Å². The van der Waals surface area contributed by atoms with Crippen LogP contribution in [0.15, 0.2) is 27.4 Å². The molecule has 0 fully saturated rings. The minimum absolute atomic E-state index is 0.00335. The summed E-state index contributed by atoms with van der Waals surface area (Å²) in [7, 11) is -0.530. The van der Waals surface area contributed by atoms with E-state index in [1.54, 1.807) is 23.8 Å². The number of aromatic nitrogens is 2. The van der Waals surface area contributed by atoms with Crippen molar-refractivity contribution in [2.45, 2.75) is 13.0 Å². The number of nitrogens with zero attached hydrogens (tertiary/aromatic N) is 2. The van der Waals surface area contributed by atoms with Crippen molar-refractivity contribution in [3.8, 4) is 22.8 Å². The molecule has 0 aliphatic carbocycles. The smallest absolute Gasteiger partial charge is 0.327 e. The third kappa shape index (κ3) is 2.94. The highest BCUT2D eigenvalue weighted by atomic mass is 32.2. The number of hydrogen-bond acceptors (Lipinski definition) is 5. The number of H-pyrrole nitrogens is 1. The van der Waals surface area contributed by atoms with E-state index >= 15 is 0 Å². The Morgan fingerprint density at radius 2 is 1.83 bits per heavy atom. The number of benzene rings is 1. The molecular weight excluding hydrogens is 334 g/mol. The van der Waals surface area contributed by atoms with Crippen LogP contribution in [0.4, 0.5) is 0 Å². The number of fused-ring (bicyclic) bond motifs is 3. The zero-order valence-corrected chi connectivity index (χ0v) is 14.3. The van der Waals surface area contributed by atoms with Crippen LogP contribution in [-0.4, -0.2) is 38.4 Å². The predicted molar refractivity (Wildman–Crippen MR) is 87.7 cm³/mol. The SMILES string of the molecule is COc1cc2c(cc1OC)-c1c/c(=N\S(C)(=O)=O)[nH]c(=O)n1CC2. The lowest BCUT2D eigenvalue weighted by Gasteiger charge is -2.22. The van der Waals surface area contributed by atoms with Crippen molar-refractivity contribution in [2.24, 2.45) is 4.40 Å². The van der Waals surface area contributed by atoms with Crippen LogP contribution in [0, 0.1) is 0 Å². The van der Waals surface area contributed by atoms with Crippen molar-refractivity contribution >= 4 is 10.0 Å². The second-order valence-electron chi connectivity index (χ2n) is 5.44. The molecule has 0 bridgehead atoms. The van der Waals surface area contributed by atoms with Gasteiger partial charge in [0.05, 0.1) is 26.2 Å². The van der Waals surface area contributed by atoms with E-state index in [0.29, 0.717) is 30.2 Å². The Labute approximate surface area is 138 Å². The molecule has 9 heteroatoms. The molecule has 0 unspecified atom stereocenters. The number of aromatic amines is 1. The third-order valence-electron chi connectivity index (χ3n) is 3.80. The summed E-state index contributed by atoms with van der Waals surface area (Å²) in [4.78, 5) is 14.7. The van der Waals surface area contributed by atoms with Gasteiger partial charge < -0.3 is 9.47 Å². The molecule has 2 heterocycles. The van der Waals surface area contributed by atoms with Crippen LogP contribution >= 0.6 is 0 Å². The lowest BCUT2D eigenvalue weighted by molar-refractivity contribution is 0.354. The van der Waals surface area contributed by atoms with E-state index in [2.05, 4.69) is 9.38 Å². The number of ether oxygens (including phenoxy) is 2. The molecule has 1 aromatic carbocycles. The van der Waals surface area contributed by atoms with Crippen molar-refractivity contribution in [1.82, 2.24) is 9.55 Å². The van der Waals surface area contributed by atoms with Gasteiger partial charge in [0.15, 0.2) is 11.5 Å². The van der Waals surface area contributed by atoms with E-state index in [1.165, 1.54) is 7.11 Å². The van der Waals surface area contributed by atoms with E-state index in [1.807, 2.05) is 6.07 Å². The van der Waals surface area contributed by atoms with Crippen molar-refractivity contribution in [2.75, 3.05) is 20.5 Å². The number of hydrogen-bond donors (Lipinski definition) is 1. The average molecular weight is 351 g/mol. The molecule has 0 spiro atoms. The van der Waals surface area contributed by atoms with Gasteiger partial charge in [0.1, 0.15) is 5.49 Å². The predicted octanol–water partition coefficient (Wildman–Crippen LogP) is 0.277. The number of sulfonamides is 1. The van der Waals surface area contributed by atoms with Gasteiger partial charge in [-0.05, 0) is 24.1 Å². The summed E-state index contributed by atoms with van der Waals surface area (Å²) < 4.78 is 38.5. The molecular formula is C15H17N3O5S. The maximum atomic E-state index is 12.3. The molecule has 1 aliphatic heterocycles. The molecule has 8 nitrogen and oxygen atoms in total. The monoisotopic (exact) mass is 351 g/mol. The summed E-state index contributed by atoms with van der Waals surface area (Å²) in [5, 5.41) is 0. The van der Waals surface area contributed by atoms with Gasteiger partial charge in [0.25, 0.3) is 10.0 Å². The Balaban J connectivity index is 2.31. The van der Waals surface area contributed by atoms with Crippen LogP contribution in [0.5, 0.6) is 11.5 Å². The van der Waals surface area contributed by atoms with Crippen LogP contribution in [0.1, 0.15) is 5.56 Å². The Morgan fingerprint density at radius 1 is 1.17 bits per heavy atom. The molecule has 0 saturated carbocycles. The summed E-state index contributed by atoms with van der Waals surface area (Å²) in [5.41, 5.74) is 1.95. The van der Waals surface area contributed by atoms with Gasteiger partial charge in [0.2, 0.25) is 0 Å². The summed E-state index contributed by atoms with van der Waals surface area (Å²) in [6.07, 6.45) is 1.62. The second kappa shape index (κ2) is 5.82. The van der Waals surface area contributed by atoms with Gasteiger partial charge in [0, 0.05) is 18.2 Å².